The second-order valence-corrected chi connectivity index (χ2v) is 10.1. The largest absolute Gasteiger partial charge is 0.483 e. The van der Waals surface area contributed by atoms with E-state index in [-0.39, 0.29) is 27.9 Å². The third kappa shape index (κ3) is 5.59. The fraction of sp³-hybridized carbons (Fsp3) is 0.364. The molecular formula is C22H26ClN3O5S. The lowest BCUT2D eigenvalue weighted by Gasteiger charge is -2.30. The third-order valence-electron chi connectivity index (χ3n) is 5.47. The fourth-order valence-corrected chi connectivity index (χ4v) is 5.46. The number of sulfonamides is 1. The summed E-state index contributed by atoms with van der Waals surface area (Å²) in [4.78, 5) is 24.1. The summed E-state index contributed by atoms with van der Waals surface area (Å²) in [5.41, 5.74) is 5.56. The predicted molar refractivity (Wildman–Crippen MR) is 122 cm³/mol. The second-order valence-electron chi connectivity index (χ2n) is 7.65. The van der Waals surface area contributed by atoms with Crippen LogP contribution in [0.15, 0.2) is 47.4 Å². The van der Waals surface area contributed by atoms with Crippen LogP contribution in [-0.4, -0.2) is 44.2 Å². The molecule has 0 heterocycles. The number of carbonyl (C=O) groups excluding carboxylic acids is 2. The van der Waals surface area contributed by atoms with Crippen LogP contribution in [0.25, 0.3) is 0 Å². The molecule has 10 heteroatoms. The quantitative estimate of drug-likeness (QED) is 0.601. The number of primary amides is 1. The Balaban J connectivity index is 1.74. The number of nitrogens with two attached hydrogens (primary N) is 1. The SMILES string of the molecule is CN(C1CCCCC1)S(=O)(=O)c1ccccc1NC(=O)COc1cc(Cl)ccc1C(N)=O. The van der Waals surface area contributed by atoms with Crippen LogP contribution in [0.4, 0.5) is 5.69 Å². The molecule has 8 nitrogen and oxygen atoms in total. The van der Waals surface area contributed by atoms with Crippen molar-refractivity contribution in [1.82, 2.24) is 4.31 Å². The third-order valence-corrected chi connectivity index (χ3v) is 7.68. The van der Waals surface area contributed by atoms with E-state index >= 15 is 0 Å². The Morgan fingerprint density at radius 1 is 1.16 bits per heavy atom. The lowest BCUT2D eigenvalue weighted by molar-refractivity contribution is -0.118. The number of anilines is 1. The first-order chi connectivity index (χ1) is 15.2. The first-order valence-corrected chi connectivity index (χ1v) is 12.1. The van der Waals surface area contributed by atoms with E-state index < -0.39 is 28.4 Å². The highest BCUT2D eigenvalue weighted by atomic mass is 35.5. The van der Waals surface area contributed by atoms with Crippen molar-refractivity contribution in [2.45, 2.75) is 43.0 Å². The number of benzene rings is 2. The van der Waals surface area contributed by atoms with Crippen LogP contribution in [0, 0.1) is 0 Å². The predicted octanol–water partition coefficient (Wildman–Crippen LogP) is 3.41. The number of ether oxygens (including phenoxy) is 1. The van der Waals surface area contributed by atoms with Crippen molar-refractivity contribution in [3.63, 3.8) is 0 Å². The topological polar surface area (TPSA) is 119 Å². The van der Waals surface area contributed by atoms with Gasteiger partial charge in [-0.05, 0) is 43.2 Å². The van der Waals surface area contributed by atoms with Gasteiger partial charge in [-0.1, -0.05) is 43.0 Å². The Labute approximate surface area is 192 Å². The first kappa shape index (κ1) is 24.0. The maximum atomic E-state index is 13.2. The zero-order valence-electron chi connectivity index (χ0n) is 17.7. The molecule has 0 radical (unpaired) electrons. The Morgan fingerprint density at radius 3 is 2.53 bits per heavy atom. The lowest BCUT2D eigenvalue weighted by Crippen LogP contribution is -2.38. The van der Waals surface area contributed by atoms with E-state index in [1.165, 1.54) is 34.6 Å². The molecule has 1 aliphatic rings. The normalized spacial score (nSPS) is 14.8. The molecule has 1 fully saturated rings. The highest BCUT2D eigenvalue weighted by Gasteiger charge is 2.31. The molecule has 2 aromatic rings. The molecule has 2 aromatic carbocycles. The average molecular weight is 480 g/mol. The Bertz CT molecular complexity index is 1100. The van der Waals surface area contributed by atoms with Crippen molar-refractivity contribution in [3.05, 3.63) is 53.1 Å². The van der Waals surface area contributed by atoms with Crippen LogP contribution >= 0.6 is 11.6 Å². The molecule has 32 heavy (non-hydrogen) atoms. The number of nitrogens with zero attached hydrogens (tertiary/aromatic N) is 1. The number of hydrogen-bond acceptors (Lipinski definition) is 5. The molecule has 0 saturated heterocycles. The summed E-state index contributed by atoms with van der Waals surface area (Å²) >= 11 is 5.93. The monoisotopic (exact) mass is 479 g/mol. The van der Waals surface area contributed by atoms with Crippen LogP contribution in [0.5, 0.6) is 5.75 Å². The van der Waals surface area contributed by atoms with E-state index in [0.29, 0.717) is 5.02 Å². The molecule has 1 aliphatic carbocycles. The minimum Gasteiger partial charge on any atom is -0.483 e. The van der Waals surface area contributed by atoms with Crippen LogP contribution in [0.2, 0.25) is 5.02 Å². The smallest absolute Gasteiger partial charge is 0.262 e. The summed E-state index contributed by atoms with van der Waals surface area (Å²) < 4.78 is 33.3. The molecular weight excluding hydrogens is 454 g/mol. The van der Waals surface area contributed by atoms with Gasteiger partial charge in [0, 0.05) is 18.1 Å². The summed E-state index contributed by atoms with van der Waals surface area (Å²) in [6.07, 6.45) is 4.75. The molecule has 0 atom stereocenters. The second kappa shape index (κ2) is 10.3. The molecule has 0 spiro atoms. The molecule has 3 rings (SSSR count). The number of rotatable bonds is 8. The zero-order chi connectivity index (χ0) is 23.3. The number of nitrogens with one attached hydrogen (secondary N) is 1. The standard InChI is InChI=1S/C22H26ClN3O5S/c1-26(16-7-3-2-4-8-16)32(29,30)20-10-6-5-9-18(20)25-21(27)14-31-19-13-15(23)11-12-17(19)22(24)28/h5-6,9-13,16H,2-4,7-8,14H2,1H3,(H2,24,28)(H,25,27). The zero-order valence-corrected chi connectivity index (χ0v) is 19.3. The van der Waals surface area contributed by atoms with Gasteiger partial charge in [-0.25, -0.2) is 8.42 Å². The maximum Gasteiger partial charge on any atom is 0.262 e. The maximum absolute atomic E-state index is 13.2. The van der Waals surface area contributed by atoms with Crippen molar-refractivity contribution >= 4 is 39.1 Å². The minimum absolute atomic E-state index is 0.0157. The van der Waals surface area contributed by atoms with Gasteiger partial charge in [-0.2, -0.15) is 4.31 Å². The molecule has 172 valence electrons. The average Bonchev–Trinajstić information content (AvgIpc) is 2.78. The van der Waals surface area contributed by atoms with Gasteiger partial charge in [0.05, 0.1) is 11.3 Å². The van der Waals surface area contributed by atoms with Crippen molar-refractivity contribution < 1.29 is 22.7 Å². The van der Waals surface area contributed by atoms with Crippen LogP contribution < -0.4 is 15.8 Å². The van der Waals surface area contributed by atoms with Crippen molar-refractivity contribution in [2.24, 2.45) is 5.73 Å². The van der Waals surface area contributed by atoms with Gasteiger partial charge in [-0.15, -0.1) is 0 Å². The van der Waals surface area contributed by atoms with Crippen LogP contribution in [-0.2, 0) is 14.8 Å². The summed E-state index contributed by atoms with van der Waals surface area (Å²) in [5, 5.41) is 2.90. The molecule has 0 unspecified atom stereocenters. The molecule has 1 saturated carbocycles. The molecule has 0 bridgehead atoms. The molecule has 0 aromatic heterocycles. The van der Waals surface area contributed by atoms with Gasteiger partial charge >= 0.3 is 0 Å². The highest BCUT2D eigenvalue weighted by Crippen LogP contribution is 2.30. The number of carbonyl (C=O) groups is 2. The van der Waals surface area contributed by atoms with Gasteiger partial charge in [0.25, 0.3) is 11.8 Å². The van der Waals surface area contributed by atoms with E-state index in [1.807, 2.05) is 0 Å². The molecule has 3 N–H and O–H groups in total. The van der Waals surface area contributed by atoms with Gasteiger partial charge in [0.1, 0.15) is 10.6 Å². The number of amides is 2. The van der Waals surface area contributed by atoms with Crippen molar-refractivity contribution in [3.8, 4) is 5.75 Å². The lowest BCUT2D eigenvalue weighted by atomic mass is 9.96. The van der Waals surface area contributed by atoms with E-state index in [2.05, 4.69) is 5.32 Å². The summed E-state index contributed by atoms with van der Waals surface area (Å²) in [6, 6.07) is 10.4. The Morgan fingerprint density at radius 2 is 1.84 bits per heavy atom. The number of hydrogen-bond donors (Lipinski definition) is 2. The number of halogens is 1. The Kier molecular flexibility index (Phi) is 7.76. The van der Waals surface area contributed by atoms with E-state index in [9.17, 15) is 18.0 Å². The van der Waals surface area contributed by atoms with Gasteiger partial charge in [-0.3, -0.25) is 9.59 Å². The summed E-state index contributed by atoms with van der Waals surface area (Å²) in [6.45, 7) is -0.465. The van der Waals surface area contributed by atoms with Crippen LogP contribution in [0.3, 0.4) is 0 Å². The van der Waals surface area contributed by atoms with Gasteiger partial charge < -0.3 is 15.8 Å². The van der Waals surface area contributed by atoms with E-state index in [0.717, 1.165) is 32.1 Å². The van der Waals surface area contributed by atoms with Gasteiger partial charge in [0.2, 0.25) is 10.0 Å². The first-order valence-electron chi connectivity index (χ1n) is 10.3. The van der Waals surface area contributed by atoms with E-state index in [1.54, 1.807) is 19.2 Å². The summed E-state index contributed by atoms with van der Waals surface area (Å²) in [5.74, 6) is -1.25. The molecule has 2 amide bonds. The Hall–Kier alpha value is -2.62. The summed E-state index contributed by atoms with van der Waals surface area (Å²) in [7, 11) is -2.23. The van der Waals surface area contributed by atoms with Crippen molar-refractivity contribution in [2.75, 3.05) is 19.0 Å². The van der Waals surface area contributed by atoms with Gasteiger partial charge in [0.15, 0.2) is 6.61 Å². The van der Waals surface area contributed by atoms with Crippen LogP contribution in [0.1, 0.15) is 42.5 Å². The number of para-hydroxylation sites is 1. The molecule has 0 aliphatic heterocycles. The minimum atomic E-state index is -3.81. The fourth-order valence-electron chi connectivity index (χ4n) is 3.74. The highest BCUT2D eigenvalue weighted by molar-refractivity contribution is 7.89. The van der Waals surface area contributed by atoms with E-state index in [4.69, 9.17) is 22.1 Å². The van der Waals surface area contributed by atoms with Crippen molar-refractivity contribution in [1.29, 1.82) is 0 Å².